The van der Waals surface area contributed by atoms with Crippen LogP contribution in [0.1, 0.15) is 23.6 Å². The van der Waals surface area contributed by atoms with Crippen LogP contribution >= 0.6 is 0 Å². The number of carbonyl (C=O) groups is 2. The van der Waals surface area contributed by atoms with Gasteiger partial charge in [-0.15, -0.1) is 0 Å². The van der Waals surface area contributed by atoms with E-state index in [1.165, 1.54) is 0 Å². The average molecular weight is 398 g/mol. The Morgan fingerprint density at radius 2 is 1.63 bits per heavy atom. The molecule has 0 bridgehead atoms. The number of rotatable bonds is 6. The Labute approximate surface area is 175 Å². The average Bonchev–Trinajstić information content (AvgIpc) is 3.09. The molecule has 3 aromatic rings. The van der Waals surface area contributed by atoms with Gasteiger partial charge in [0, 0.05) is 16.9 Å². The minimum absolute atomic E-state index is 0.138. The summed E-state index contributed by atoms with van der Waals surface area (Å²) < 4.78 is 5.00. The molecule has 0 fully saturated rings. The Balaban J connectivity index is 1.69. The lowest BCUT2D eigenvalue weighted by Gasteiger charge is -2.15. The summed E-state index contributed by atoms with van der Waals surface area (Å²) in [6.45, 7) is 2.16. The molecule has 30 heavy (non-hydrogen) atoms. The summed E-state index contributed by atoms with van der Waals surface area (Å²) in [4.78, 5) is 24.5. The van der Waals surface area contributed by atoms with Crippen LogP contribution < -0.4 is 10.6 Å². The molecule has 0 radical (unpaired) electrons. The van der Waals surface area contributed by atoms with Gasteiger partial charge in [0.1, 0.15) is 0 Å². The molecular formula is C25H22N2O3. The van der Waals surface area contributed by atoms with Gasteiger partial charge in [0.25, 0.3) is 5.91 Å². The second-order valence-corrected chi connectivity index (χ2v) is 6.92. The van der Waals surface area contributed by atoms with Crippen molar-refractivity contribution in [3.05, 3.63) is 95.6 Å². The van der Waals surface area contributed by atoms with E-state index < -0.39 is 0 Å². The van der Waals surface area contributed by atoms with E-state index in [1.807, 2.05) is 78.9 Å². The number of hydrogen-bond donors (Lipinski definition) is 2. The molecular weight excluding hydrogens is 376 g/mol. The van der Waals surface area contributed by atoms with Crippen LogP contribution in [0.5, 0.6) is 0 Å². The highest BCUT2D eigenvalue weighted by Gasteiger charge is 2.28. The molecule has 1 heterocycles. The van der Waals surface area contributed by atoms with Gasteiger partial charge in [0.15, 0.2) is 0 Å². The molecule has 0 aromatic heterocycles. The number of ether oxygens (including phenoxy) is 1. The summed E-state index contributed by atoms with van der Waals surface area (Å²) in [6, 6.07) is 25.0. The molecule has 0 saturated carbocycles. The zero-order chi connectivity index (χ0) is 20.9. The predicted octanol–water partition coefficient (Wildman–Crippen LogP) is 4.72. The Morgan fingerprint density at radius 1 is 0.933 bits per heavy atom. The fourth-order valence-corrected chi connectivity index (χ4v) is 3.48. The summed E-state index contributed by atoms with van der Waals surface area (Å²) in [5.41, 5.74) is 5.62. The number of amides is 1. The first-order valence-electron chi connectivity index (χ1n) is 9.87. The van der Waals surface area contributed by atoms with E-state index in [-0.39, 0.29) is 18.3 Å². The van der Waals surface area contributed by atoms with Gasteiger partial charge < -0.3 is 15.4 Å². The lowest BCUT2D eigenvalue weighted by molar-refractivity contribution is -0.142. The Morgan fingerprint density at radius 3 is 2.37 bits per heavy atom. The first-order chi connectivity index (χ1) is 14.7. The number of anilines is 2. The third-order valence-corrected chi connectivity index (χ3v) is 4.86. The van der Waals surface area contributed by atoms with E-state index in [2.05, 4.69) is 10.6 Å². The van der Waals surface area contributed by atoms with Crippen LogP contribution in [-0.2, 0) is 20.7 Å². The van der Waals surface area contributed by atoms with E-state index >= 15 is 0 Å². The smallest absolute Gasteiger partial charge is 0.310 e. The maximum Gasteiger partial charge on any atom is 0.310 e. The maximum atomic E-state index is 12.8. The van der Waals surface area contributed by atoms with Gasteiger partial charge >= 0.3 is 5.97 Å². The van der Waals surface area contributed by atoms with Crippen molar-refractivity contribution in [1.29, 1.82) is 0 Å². The summed E-state index contributed by atoms with van der Waals surface area (Å²) >= 11 is 0. The molecule has 1 aliphatic rings. The lowest BCUT2D eigenvalue weighted by atomic mass is 10.00. The molecule has 0 unspecified atom stereocenters. The van der Waals surface area contributed by atoms with Gasteiger partial charge in [-0.1, -0.05) is 60.7 Å². The molecule has 5 nitrogen and oxygen atoms in total. The van der Waals surface area contributed by atoms with E-state index in [0.29, 0.717) is 12.2 Å². The summed E-state index contributed by atoms with van der Waals surface area (Å²) in [6.07, 6.45) is 0.233. The fraction of sp³-hybridized carbons (Fsp3) is 0.120. The second kappa shape index (κ2) is 8.66. The SMILES string of the molecule is CCOC(=O)Cc1ccc(NC(=C2C(=O)Nc3ccccc32)c2ccccc2)cc1. The van der Waals surface area contributed by atoms with Gasteiger partial charge in [0.05, 0.1) is 24.3 Å². The van der Waals surface area contributed by atoms with Crippen LogP contribution in [0.15, 0.2) is 78.9 Å². The van der Waals surface area contributed by atoms with Crippen LogP contribution in [0.2, 0.25) is 0 Å². The normalized spacial score (nSPS) is 14.0. The number of esters is 1. The van der Waals surface area contributed by atoms with Crippen LogP contribution in [0.3, 0.4) is 0 Å². The Bertz CT molecular complexity index is 1100. The lowest BCUT2D eigenvalue weighted by Crippen LogP contribution is -2.10. The number of nitrogens with one attached hydrogen (secondary N) is 2. The molecule has 1 aliphatic heterocycles. The van der Waals surface area contributed by atoms with Crippen molar-refractivity contribution in [1.82, 2.24) is 0 Å². The highest BCUT2D eigenvalue weighted by molar-refractivity contribution is 6.37. The van der Waals surface area contributed by atoms with Crippen LogP contribution in [0.4, 0.5) is 11.4 Å². The van der Waals surface area contributed by atoms with Gasteiger partial charge in [0.2, 0.25) is 0 Å². The summed E-state index contributed by atoms with van der Waals surface area (Å²) in [5, 5.41) is 6.35. The van der Waals surface area contributed by atoms with Crippen LogP contribution in [0.25, 0.3) is 11.3 Å². The first-order valence-corrected chi connectivity index (χ1v) is 9.87. The van der Waals surface area contributed by atoms with Crippen LogP contribution in [-0.4, -0.2) is 18.5 Å². The van der Waals surface area contributed by atoms with Crippen molar-refractivity contribution < 1.29 is 14.3 Å². The number of hydrogen-bond acceptors (Lipinski definition) is 4. The molecule has 3 aromatic carbocycles. The second-order valence-electron chi connectivity index (χ2n) is 6.92. The summed E-state index contributed by atoms with van der Waals surface area (Å²) in [7, 11) is 0. The zero-order valence-corrected chi connectivity index (χ0v) is 16.6. The highest BCUT2D eigenvalue weighted by Crippen LogP contribution is 2.37. The van der Waals surface area contributed by atoms with Crippen molar-refractivity contribution in [3.8, 4) is 0 Å². The van der Waals surface area contributed by atoms with Crippen molar-refractivity contribution in [2.45, 2.75) is 13.3 Å². The summed E-state index contributed by atoms with van der Waals surface area (Å²) in [5.74, 6) is -0.383. The fourth-order valence-electron chi connectivity index (χ4n) is 3.48. The molecule has 2 N–H and O–H groups in total. The third-order valence-electron chi connectivity index (χ3n) is 4.86. The molecule has 0 spiro atoms. The van der Waals surface area contributed by atoms with E-state index in [4.69, 9.17) is 4.74 Å². The number of para-hydroxylation sites is 1. The van der Waals surface area contributed by atoms with Crippen LogP contribution in [0, 0.1) is 0 Å². The number of carbonyl (C=O) groups excluding carboxylic acids is 2. The third kappa shape index (κ3) is 4.10. The Hall–Kier alpha value is -3.86. The largest absolute Gasteiger partial charge is 0.466 e. The molecule has 0 aliphatic carbocycles. The van der Waals surface area contributed by atoms with Crippen molar-refractivity contribution in [2.24, 2.45) is 0 Å². The predicted molar refractivity (Wildman–Crippen MR) is 119 cm³/mol. The molecule has 5 heteroatoms. The number of benzene rings is 3. The van der Waals surface area contributed by atoms with E-state index in [0.717, 1.165) is 33.8 Å². The van der Waals surface area contributed by atoms with Crippen molar-refractivity contribution in [2.75, 3.05) is 17.2 Å². The zero-order valence-electron chi connectivity index (χ0n) is 16.6. The number of fused-ring (bicyclic) bond motifs is 1. The molecule has 150 valence electrons. The molecule has 0 atom stereocenters. The van der Waals surface area contributed by atoms with Gasteiger partial charge in [-0.2, -0.15) is 0 Å². The van der Waals surface area contributed by atoms with Gasteiger partial charge in [-0.05, 0) is 36.2 Å². The Kier molecular flexibility index (Phi) is 5.61. The quantitative estimate of drug-likeness (QED) is 0.466. The minimum atomic E-state index is -0.246. The first kappa shape index (κ1) is 19.5. The van der Waals surface area contributed by atoms with Crippen molar-refractivity contribution in [3.63, 3.8) is 0 Å². The molecule has 4 rings (SSSR count). The van der Waals surface area contributed by atoms with Gasteiger partial charge in [-0.3, -0.25) is 9.59 Å². The highest BCUT2D eigenvalue weighted by atomic mass is 16.5. The standard InChI is InChI=1S/C25H22N2O3/c1-2-30-22(28)16-17-12-14-19(15-13-17)26-24(18-8-4-3-5-9-18)23-20-10-6-7-11-21(20)27-25(23)29/h3-15,26H,2,16H2,1H3,(H,27,29). The molecule has 0 saturated heterocycles. The van der Waals surface area contributed by atoms with E-state index in [9.17, 15) is 9.59 Å². The van der Waals surface area contributed by atoms with E-state index in [1.54, 1.807) is 6.92 Å². The topological polar surface area (TPSA) is 67.4 Å². The maximum absolute atomic E-state index is 12.8. The minimum Gasteiger partial charge on any atom is -0.466 e. The van der Waals surface area contributed by atoms with Gasteiger partial charge in [-0.25, -0.2) is 0 Å². The molecule has 1 amide bonds. The van der Waals surface area contributed by atoms with Crippen molar-refractivity contribution >= 4 is 34.5 Å². The monoisotopic (exact) mass is 398 g/mol.